The summed E-state index contributed by atoms with van der Waals surface area (Å²) in [5.74, 6) is -0.0996. The number of para-hydroxylation sites is 1. The molecular weight excluding hydrogens is 298 g/mol. The Kier molecular flexibility index (Phi) is 3.99. The van der Waals surface area contributed by atoms with Gasteiger partial charge in [0, 0.05) is 17.9 Å². The number of halogens is 1. The Hall–Kier alpha value is -2.51. The fourth-order valence-electron chi connectivity index (χ4n) is 2.63. The van der Waals surface area contributed by atoms with E-state index in [-0.39, 0.29) is 5.91 Å². The van der Waals surface area contributed by atoms with Gasteiger partial charge in [0.05, 0.1) is 17.1 Å². The summed E-state index contributed by atoms with van der Waals surface area (Å²) in [6.45, 7) is 1.15. The lowest BCUT2D eigenvalue weighted by Crippen LogP contribution is -2.31. The molecule has 0 unspecified atom stereocenters. The van der Waals surface area contributed by atoms with Crippen molar-refractivity contribution in [2.45, 2.75) is 6.42 Å². The molecule has 0 saturated carbocycles. The molecule has 1 amide bonds. The maximum atomic E-state index is 12.2. The Bertz CT molecular complexity index is 767. The van der Waals surface area contributed by atoms with Crippen LogP contribution in [0.15, 0.2) is 42.5 Å². The monoisotopic (exact) mass is 311 g/mol. The number of carbonyl (C=O) groups excluding carboxylic acids is 1. The van der Waals surface area contributed by atoms with Crippen LogP contribution in [0.4, 0.5) is 11.4 Å². The highest BCUT2D eigenvalue weighted by Gasteiger charge is 2.20. The van der Waals surface area contributed by atoms with Crippen LogP contribution in [-0.4, -0.2) is 19.0 Å². The molecule has 0 aliphatic carbocycles. The van der Waals surface area contributed by atoms with Crippen LogP contribution >= 0.6 is 11.6 Å². The molecule has 1 aliphatic heterocycles. The summed E-state index contributed by atoms with van der Waals surface area (Å²) in [6.07, 6.45) is 0.964. The normalized spacial score (nSPS) is 12.6. The van der Waals surface area contributed by atoms with Gasteiger partial charge in [-0.25, -0.2) is 0 Å². The number of hydrogen-bond acceptors (Lipinski definition) is 3. The Morgan fingerprint density at radius 3 is 2.91 bits per heavy atom. The van der Waals surface area contributed by atoms with Gasteiger partial charge in [-0.1, -0.05) is 29.8 Å². The number of anilines is 2. The number of nitrogens with one attached hydrogen (secondary N) is 1. The minimum atomic E-state index is -0.0996. The van der Waals surface area contributed by atoms with Crippen molar-refractivity contribution >= 4 is 28.9 Å². The maximum Gasteiger partial charge on any atom is 0.243 e. The molecule has 0 saturated heterocycles. The third-order valence-corrected chi connectivity index (χ3v) is 4.00. The molecule has 3 rings (SSSR count). The molecule has 22 heavy (non-hydrogen) atoms. The highest BCUT2D eigenvalue weighted by Crippen LogP contribution is 2.27. The van der Waals surface area contributed by atoms with E-state index in [9.17, 15) is 4.79 Å². The van der Waals surface area contributed by atoms with Gasteiger partial charge in [0.1, 0.15) is 6.07 Å². The predicted octanol–water partition coefficient (Wildman–Crippen LogP) is 3.21. The molecule has 1 aliphatic rings. The topological polar surface area (TPSA) is 56.1 Å². The van der Waals surface area contributed by atoms with Crippen molar-refractivity contribution < 1.29 is 4.79 Å². The van der Waals surface area contributed by atoms with E-state index in [1.807, 2.05) is 24.3 Å². The molecule has 0 atom stereocenters. The van der Waals surface area contributed by atoms with E-state index in [2.05, 4.69) is 16.3 Å². The van der Waals surface area contributed by atoms with Crippen molar-refractivity contribution in [2.24, 2.45) is 0 Å². The van der Waals surface area contributed by atoms with Crippen LogP contribution in [0.2, 0.25) is 5.02 Å². The molecular formula is C17H14ClN3O. The van der Waals surface area contributed by atoms with Crippen molar-refractivity contribution in [3.8, 4) is 6.07 Å². The summed E-state index contributed by atoms with van der Waals surface area (Å²) in [5, 5.41) is 12.0. The number of carbonyl (C=O) groups is 1. The molecule has 1 N–H and O–H groups in total. The lowest BCUT2D eigenvalue weighted by molar-refractivity contribution is -0.115. The van der Waals surface area contributed by atoms with Gasteiger partial charge in [0.2, 0.25) is 5.91 Å². The van der Waals surface area contributed by atoms with E-state index < -0.39 is 0 Å². The number of benzene rings is 2. The molecule has 110 valence electrons. The van der Waals surface area contributed by atoms with E-state index in [1.165, 1.54) is 5.56 Å². The summed E-state index contributed by atoms with van der Waals surface area (Å²) in [4.78, 5) is 14.2. The van der Waals surface area contributed by atoms with Gasteiger partial charge in [-0.15, -0.1) is 0 Å². The third kappa shape index (κ3) is 2.90. The second kappa shape index (κ2) is 6.08. The predicted molar refractivity (Wildman–Crippen MR) is 87.2 cm³/mol. The SMILES string of the molecule is N#Cc1ccc(NC(=O)CN2CCc3ccccc32)cc1Cl. The van der Waals surface area contributed by atoms with Crippen LogP contribution in [0, 0.1) is 11.3 Å². The molecule has 0 aromatic heterocycles. The van der Waals surface area contributed by atoms with Gasteiger partial charge >= 0.3 is 0 Å². The van der Waals surface area contributed by atoms with E-state index in [0.29, 0.717) is 22.8 Å². The minimum Gasteiger partial charge on any atom is -0.362 e. The molecule has 0 radical (unpaired) electrons. The number of rotatable bonds is 3. The Labute approximate surface area is 133 Å². The lowest BCUT2D eigenvalue weighted by Gasteiger charge is -2.18. The third-order valence-electron chi connectivity index (χ3n) is 3.69. The highest BCUT2D eigenvalue weighted by atomic mass is 35.5. The van der Waals surface area contributed by atoms with Crippen LogP contribution < -0.4 is 10.2 Å². The number of fused-ring (bicyclic) bond motifs is 1. The summed E-state index contributed by atoms with van der Waals surface area (Å²) >= 11 is 5.97. The zero-order valence-corrected chi connectivity index (χ0v) is 12.6. The van der Waals surface area contributed by atoms with Crippen LogP contribution in [-0.2, 0) is 11.2 Å². The van der Waals surface area contributed by atoms with E-state index in [1.54, 1.807) is 18.2 Å². The van der Waals surface area contributed by atoms with Gasteiger partial charge in [0.15, 0.2) is 0 Å². The van der Waals surface area contributed by atoms with Crippen molar-refractivity contribution in [1.82, 2.24) is 0 Å². The number of hydrogen-bond donors (Lipinski definition) is 1. The maximum absolute atomic E-state index is 12.2. The summed E-state index contributed by atoms with van der Waals surface area (Å²) < 4.78 is 0. The molecule has 2 aromatic carbocycles. The number of amides is 1. The van der Waals surface area contributed by atoms with E-state index in [4.69, 9.17) is 16.9 Å². The van der Waals surface area contributed by atoms with Crippen molar-refractivity contribution in [3.05, 3.63) is 58.6 Å². The van der Waals surface area contributed by atoms with Gasteiger partial charge in [-0.05, 0) is 36.2 Å². The average molecular weight is 312 g/mol. The van der Waals surface area contributed by atoms with E-state index >= 15 is 0 Å². The Balaban J connectivity index is 1.67. The zero-order valence-electron chi connectivity index (χ0n) is 11.8. The largest absolute Gasteiger partial charge is 0.362 e. The number of nitriles is 1. The van der Waals surface area contributed by atoms with Gasteiger partial charge in [-0.3, -0.25) is 4.79 Å². The average Bonchev–Trinajstić information content (AvgIpc) is 2.91. The first-order chi connectivity index (χ1) is 10.7. The van der Waals surface area contributed by atoms with E-state index in [0.717, 1.165) is 18.7 Å². The fraction of sp³-hybridized carbons (Fsp3) is 0.176. The second-order valence-electron chi connectivity index (χ2n) is 5.15. The van der Waals surface area contributed by atoms with Gasteiger partial charge in [0.25, 0.3) is 0 Å². The lowest BCUT2D eigenvalue weighted by atomic mass is 10.2. The van der Waals surface area contributed by atoms with Crippen molar-refractivity contribution in [2.75, 3.05) is 23.3 Å². The van der Waals surface area contributed by atoms with Crippen LogP contribution in [0.3, 0.4) is 0 Å². The molecule has 5 heteroatoms. The van der Waals surface area contributed by atoms with Crippen molar-refractivity contribution in [3.63, 3.8) is 0 Å². The molecule has 2 aromatic rings. The first-order valence-corrected chi connectivity index (χ1v) is 7.37. The summed E-state index contributed by atoms with van der Waals surface area (Å²) in [5.41, 5.74) is 3.39. The molecule has 0 fully saturated rings. The smallest absolute Gasteiger partial charge is 0.243 e. The van der Waals surface area contributed by atoms with Crippen LogP contribution in [0.1, 0.15) is 11.1 Å². The molecule has 0 bridgehead atoms. The van der Waals surface area contributed by atoms with Crippen LogP contribution in [0.25, 0.3) is 0 Å². The summed E-state index contributed by atoms with van der Waals surface area (Å²) in [6, 6.07) is 15.0. The van der Waals surface area contributed by atoms with Gasteiger partial charge in [-0.2, -0.15) is 5.26 Å². The molecule has 0 spiro atoms. The quantitative estimate of drug-likeness (QED) is 0.947. The second-order valence-corrected chi connectivity index (χ2v) is 5.56. The first kappa shape index (κ1) is 14.4. The summed E-state index contributed by atoms with van der Waals surface area (Å²) in [7, 11) is 0. The van der Waals surface area contributed by atoms with Crippen molar-refractivity contribution in [1.29, 1.82) is 5.26 Å². The molecule has 4 nitrogen and oxygen atoms in total. The Morgan fingerprint density at radius 1 is 1.32 bits per heavy atom. The minimum absolute atomic E-state index is 0.0996. The highest BCUT2D eigenvalue weighted by molar-refractivity contribution is 6.32. The standard InChI is InChI=1S/C17H14ClN3O/c18-15-9-14(6-5-13(15)10-19)20-17(22)11-21-8-7-12-3-1-2-4-16(12)21/h1-6,9H,7-8,11H2,(H,20,22). The van der Waals surface area contributed by atoms with Gasteiger partial charge < -0.3 is 10.2 Å². The zero-order chi connectivity index (χ0) is 15.5. The number of nitrogens with zero attached hydrogens (tertiary/aromatic N) is 2. The molecule has 1 heterocycles. The Morgan fingerprint density at radius 2 is 2.14 bits per heavy atom. The first-order valence-electron chi connectivity index (χ1n) is 7.00. The fourth-order valence-corrected chi connectivity index (χ4v) is 2.85. The van der Waals surface area contributed by atoms with Crippen LogP contribution in [0.5, 0.6) is 0 Å².